The summed E-state index contributed by atoms with van der Waals surface area (Å²) in [6.45, 7) is 1.80. The SMILES string of the molecule is CC1=C(C(=O)Nc2ccccc2)[C@H](c2ccccc2)C(C#N)=C(SCC(=O)Nc2ccc(Cl)cc2)N1. The average Bonchev–Trinajstić information content (AvgIpc) is 2.89. The predicted molar refractivity (Wildman–Crippen MR) is 145 cm³/mol. The number of allylic oxidation sites excluding steroid dienone is 2. The van der Waals surface area contributed by atoms with E-state index in [1.165, 1.54) is 11.8 Å². The molecular formula is C28H23ClN4O2S. The van der Waals surface area contributed by atoms with Crippen molar-refractivity contribution in [3.63, 3.8) is 0 Å². The first-order valence-corrected chi connectivity index (χ1v) is 12.5. The van der Waals surface area contributed by atoms with Crippen molar-refractivity contribution in [2.45, 2.75) is 12.8 Å². The zero-order valence-electron chi connectivity index (χ0n) is 19.4. The van der Waals surface area contributed by atoms with Gasteiger partial charge in [-0.2, -0.15) is 5.26 Å². The fourth-order valence-corrected chi connectivity index (χ4v) is 4.91. The largest absolute Gasteiger partial charge is 0.353 e. The maximum atomic E-state index is 13.4. The van der Waals surface area contributed by atoms with E-state index in [0.29, 0.717) is 38.3 Å². The third kappa shape index (κ3) is 5.98. The number of hydrogen-bond acceptors (Lipinski definition) is 5. The van der Waals surface area contributed by atoms with Crippen LogP contribution >= 0.6 is 23.4 Å². The lowest BCUT2D eigenvalue weighted by Crippen LogP contribution is -2.31. The Hall–Kier alpha value is -3.99. The monoisotopic (exact) mass is 514 g/mol. The fraction of sp³-hybridized carbons (Fsp3) is 0.107. The summed E-state index contributed by atoms with van der Waals surface area (Å²) in [4.78, 5) is 26.0. The highest BCUT2D eigenvalue weighted by Gasteiger charge is 2.34. The lowest BCUT2D eigenvalue weighted by Gasteiger charge is -2.29. The molecule has 3 aromatic rings. The van der Waals surface area contributed by atoms with Gasteiger partial charge in [-0.3, -0.25) is 9.59 Å². The number of nitrogens with one attached hydrogen (secondary N) is 3. The van der Waals surface area contributed by atoms with Crippen molar-refractivity contribution in [3.8, 4) is 6.07 Å². The number of rotatable bonds is 7. The van der Waals surface area contributed by atoms with E-state index in [9.17, 15) is 14.9 Å². The van der Waals surface area contributed by atoms with E-state index in [-0.39, 0.29) is 17.6 Å². The van der Waals surface area contributed by atoms with Gasteiger partial charge in [0.15, 0.2) is 0 Å². The van der Waals surface area contributed by atoms with Gasteiger partial charge in [-0.15, -0.1) is 0 Å². The van der Waals surface area contributed by atoms with E-state index in [1.54, 1.807) is 31.2 Å². The van der Waals surface area contributed by atoms with E-state index >= 15 is 0 Å². The highest BCUT2D eigenvalue weighted by atomic mass is 35.5. The van der Waals surface area contributed by atoms with Crippen molar-refractivity contribution < 1.29 is 9.59 Å². The molecule has 1 aliphatic heterocycles. The number of para-hydroxylation sites is 1. The van der Waals surface area contributed by atoms with Gasteiger partial charge in [0.05, 0.1) is 28.3 Å². The molecule has 0 saturated carbocycles. The number of hydrogen-bond donors (Lipinski definition) is 3. The normalized spacial score (nSPS) is 15.1. The van der Waals surface area contributed by atoms with Gasteiger partial charge in [0, 0.05) is 27.7 Å². The van der Waals surface area contributed by atoms with Gasteiger partial charge in [-0.05, 0) is 48.9 Å². The molecule has 2 amide bonds. The summed E-state index contributed by atoms with van der Waals surface area (Å²) in [6.07, 6.45) is 0. The Morgan fingerprint density at radius 3 is 2.19 bits per heavy atom. The van der Waals surface area contributed by atoms with E-state index in [1.807, 2.05) is 60.7 Å². The summed E-state index contributed by atoms with van der Waals surface area (Å²) in [5, 5.41) is 20.3. The van der Waals surface area contributed by atoms with Crippen LogP contribution in [-0.2, 0) is 9.59 Å². The minimum absolute atomic E-state index is 0.0798. The van der Waals surface area contributed by atoms with Crippen LogP contribution in [0.4, 0.5) is 11.4 Å². The highest BCUT2D eigenvalue weighted by molar-refractivity contribution is 8.03. The second-order valence-electron chi connectivity index (χ2n) is 8.03. The number of amides is 2. The number of carbonyl (C=O) groups is 2. The third-order valence-electron chi connectivity index (χ3n) is 5.53. The maximum Gasteiger partial charge on any atom is 0.254 e. The molecular weight excluding hydrogens is 492 g/mol. The van der Waals surface area contributed by atoms with Crippen LogP contribution in [0, 0.1) is 11.3 Å². The van der Waals surface area contributed by atoms with E-state index in [2.05, 4.69) is 22.0 Å². The van der Waals surface area contributed by atoms with Gasteiger partial charge in [0.1, 0.15) is 0 Å². The molecule has 0 aromatic heterocycles. The molecule has 0 aliphatic carbocycles. The summed E-state index contributed by atoms with van der Waals surface area (Å²) in [7, 11) is 0. The standard InChI is InChI=1S/C28H23ClN4O2S/c1-18-25(27(35)33-21-10-6-3-7-11-21)26(19-8-4-2-5-9-19)23(16-30)28(31-18)36-17-24(34)32-22-14-12-20(29)13-15-22/h2-15,26,31H,17H2,1H3,(H,32,34)(H,33,35)/t26-/m1/s1. The highest BCUT2D eigenvalue weighted by Crippen LogP contribution is 2.40. The van der Waals surface area contributed by atoms with Crippen LogP contribution in [0.2, 0.25) is 5.02 Å². The second-order valence-corrected chi connectivity index (χ2v) is 9.45. The number of anilines is 2. The van der Waals surface area contributed by atoms with Crippen molar-refractivity contribution >= 4 is 46.6 Å². The van der Waals surface area contributed by atoms with Crippen LogP contribution in [0.3, 0.4) is 0 Å². The molecule has 0 spiro atoms. The third-order valence-corrected chi connectivity index (χ3v) is 6.80. The first-order valence-electron chi connectivity index (χ1n) is 11.2. The van der Waals surface area contributed by atoms with Gasteiger partial charge in [-0.25, -0.2) is 0 Å². The smallest absolute Gasteiger partial charge is 0.254 e. The van der Waals surface area contributed by atoms with Crippen molar-refractivity contribution in [2.75, 3.05) is 16.4 Å². The van der Waals surface area contributed by atoms with Crippen molar-refractivity contribution in [2.24, 2.45) is 0 Å². The molecule has 0 bridgehead atoms. The van der Waals surface area contributed by atoms with Gasteiger partial charge < -0.3 is 16.0 Å². The van der Waals surface area contributed by atoms with Gasteiger partial charge in [0.25, 0.3) is 5.91 Å². The molecule has 0 fully saturated rings. The lowest BCUT2D eigenvalue weighted by atomic mass is 9.82. The van der Waals surface area contributed by atoms with Crippen LogP contribution in [0.15, 0.2) is 107 Å². The molecule has 6 nitrogen and oxygen atoms in total. The lowest BCUT2D eigenvalue weighted by molar-refractivity contribution is -0.114. The Morgan fingerprint density at radius 1 is 0.944 bits per heavy atom. The van der Waals surface area contributed by atoms with E-state index in [4.69, 9.17) is 11.6 Å². The molecule has 1 atom stereocenters. The molecule has 0 unspecified atom stereocenters. The number of halogens is 1. The summed E-state index contributed by atoms with van der Waals surface area (Å²) in [5.74, 6) is -1.02. The zero-order chi connectivity index (χ0) is 25.5. The second kappa shape index (κ2) is 11.6. The number of carbonyl (C=O) groups excluding carboxylic acids is 2. The first kappa shape index (κ1) is 25.1. The van der Waals surface area contributed by atoms with Crippen molar-refractivity contribution in [1.29, 1.82) is 5.26 Å². The Balaban J connectivity index is 1.60. The molecule has 1 heterocycles. The molecule has 8 heteroatoms. The molecule has 36 heavy (non-hydrogen) atoms. The minimum Gasteiger partial charge on any atom is -0.353 e. The fourth-order valence-electron chi connectivity index (χ4n) is 3.89. The number of nitrogens with zero attached hydrogens (tertiary/aromatic N) is 1. The van der Waals surface area contributed by atoms with Crippen molar-refractivity contribution in [1.82, 2.24) is 5.32 Å². The van der Waals surface area contributed by atoms with Gasteiger partial charge >= 0.3 is 0 Å². The predicted octanol–water partition coefficient (Wildman–Crippen LogP) is 6.05. The molecule has 3 N–H and O–H groups in total. The molecule has 0 saturated heterocycles. The van der Waals surface area contributed by atoms with Gasteiger partial charge in [-0.1, -0.05) is 71.9 Å². The Labute approximate surface area is 219 Å². The minimum atomic E-state index is -0.581. The Bertz CT molecular complexity index is 1360. The first-order chi connectivity index (χ1) is 17.5. The van der Waals surface area contributed by atoms with Gasteiger partial charge in [0.2, 0.25) is 5.91 Å². The Morgan fingerprint density at radius 2 is 1.56 bits per heavy atom. The molecule has 3 aromatic carbocycles. The molecule has 4 rings (SSSR count). The summed E-state index contributed by atoms with van der Waals surface area (Å²) in [6, 6.07) is 27.7. The summed E-state index contributed by atoms with van der Waals surface area (Å²) < 4.78 is 0. The topological polar surface area (TPSA) is 94.0 Å². The number of nitriles is 1. The Kier molecular flexibility index (Phi) is 8.11. The average molecular weight is 515 g/mol. The van der Waals surface area contributed by atoms with E-state index < -0.39 is 5.92 Å². The summed E-state index contributed by atoms with van der Waals surface area (Å²) >= 11 is 7.13. The quantitative estimate of drug-likeness (QED) is 0.357. The summed E-state index contributed by atoms with van der Waals surface area (Å²) in [5.41, 5.74) is 3.57. The molecule has 0 radical (unpaired) electrons. The van der Waals surface area contributed by atoms with Crippen LogP contribution < -0.4 is 16.0 Å². The zero-order valence-corrected chi connectivity index (χ0v) is 21.0. The number of dihydropyridines is 1. The molecule has 1 aliphatic rings. The van der Waals surface area contributed by atoms with Crippen LogP contribution in [0.5, 0.6) is 0 Å². The van der Waals surface area contributed by atoms with Crippen LogP contribution in [0.25, 0.3) is 0 Å². The van der Waals surface area contributed by atoms with E-state index in [0.717, 1.165) is 5.56 Å². The van der Waals surface area contributed by atoms with Crippen LogP contribution in [0.1, 0.15) is 18.4 Å². The van der Waals surface area contributed by atoms with Crippen LogP contribution in [-0.4, -0.2) is 17.6 Å². The van der Waals surface area contributed by atoms with Crippen molar-refractivity contribution in [3.05, 3.63) is 117 Å². The molecule has 180 valence electrons. The number of thioether (sulfide) groups is 1. The number of benzene rings is 3. The maximum absolute atomic E-state index is 13.4.